The maximum absolute atomic E-state index is 11.6. The molecule has 5 heteroatoms. The maximum Gasteiger partial charge on any atom is 0.339 e. The summed E-state index contributed by atoms with van der Waals surface area (Å²) in [6, 6.07) is 7.08. The molecule has 0 saturated carbocycles. The molecule has 0 aromatic heterocycles. The van der Waals surface area contributed by atoms with Crippen LogP contribution in [0, 0.1) is 0 Å². The standard InChI is InChI=1S/C13H11NO4/c1-16-13(15)9-2-7-4-11-12(18-6-17-11)5-8(7)3-10(9)14/h2-5H,6,14H2,1H3. The van der Waals surface area contributed by atoms with Gasteiger partial charge in [-0.1, -0.05) is 0 Å². The Hall–Kier alpha value is -2.43. The highest BCUT2D eigenvalue weighted by molar-refractivity contribution is 6.01. The lowest BCUT2D eigenvalue weighted by atomic mass is 10.0. The Labute approximate surface area is 103 Å². The first-order valence-corrected chi connectivity index (χ1v) is 5.40. The van der Waals surface area contributed by atoms with Gasteiger partial charge in [0.2, 0.25) is 6.79 Å². The second-order valence-electron chi connectivity index (χ2n) is 3.98. The second kappa shape index (κ2) is 3.80. The van der Waals surface area contributed by atoms with Gasteiger partial charge in [-0.2, -0.15) is 0 Å². The van der Waals surface area contributed by atoms with Crippen LogP contribution in [0.15, 0.2) is 24.3 Å². The minimum atomic E-state index is -0.452. The van der Waals surface area contributed by atoms with E-state index in [4.69, 9.17) is 15.2 Å². The summed E-state index contributed by atoms with van der Waals surface area (Å²) in [5, 5.41) is 1.75. The third kappa shape index (κ3) is 1.52. The molecule has 2 aromatic rings. The molecule has 1 heterocycles. The van der Waals surface area contributed by atoms with E-state index in [0.29, 0.717) is 22.7 Å². The summed E-state index contributed by atoms with van der Waals surface area (Å²) < 4.78 is 15.3. The predicted octanol–water partition coefficient (Wildman–Crippen LogP) is 1.94. The summed E-state index contributed by atoms with van der Waals surface area (Å²) in [5.74, 6) is 0.905. The third-order valence-electron chi connectivity index (χ3n) is 2.91. The van der Waals surface area contributed by atoms with Gasteiger partial charge in [0.25, 0.3) is 0 Å². The molecule has 0 spiro atoms. The van der Waals surface area contributed by atoms with Crippen molar-refractivity contribution in [3.05, 3.63) is 29.8 Å². The molecular formula is C13H11NO4. The fourth-order valence-electron chi connectivity index (χ4n) is 1.99. The van der Waals surface area contributed by atoms with Crippen molar-refractivity contribution >= 4 is 22.4 Å². The molecular weight excluding hydrogens is 234 g/mol. The van der Waals surface area contributed by atoms with E-state index in [1.165, 1.54) is 7.11 Å². The minimum absolute atomic E-state index is 0.213. The van der Waals surface area contributed by atoms with E-state index < -0.39 is 5.97 Å². The number of hydrogen-bond donors (Lipinski definition) is 1. The van der Waals surface area contributed by atoms with Crippen molar-refractivity contribution in [1.82, 2.24) is 0 Å². The number of anilines is 1. The quantitative estimate of drug-likeness (QED) is 0.614. The van der Waals surface area contributed by atoms with Gasteiger partial charge in [-0.05, 0) is 35.0 Å². The molecule has 1 aliphatic rings. The number of nitrogens with two attached hydrogens (primary N) is 1. The first kappa shape index (κ1) is 10.7. The lowest BCUT2D eigenvalue weighted by molar-refractivity contribution is 0.0602. The smallest absolute Gasteiger partial charge is 0.339 e. The lowest BCUT2D eigenvalue weighted by Gasteiger charge is -2.07. The van der Waals surface area contributed by atoms with E-state index >= 15 is 0 Å². The zero-order valence-corrected chi connectivity index (χ0v) is 9.73. The van der Waals surface area contributed by atoms with Crippen molar-refractivity contribution in [3.63, 3.8) is 0 Å². The number of nitrogen functional groups attached to an aromatic ring is 1. The largest absolute Gasteiger partial charge is 0.465 e. The first-order chi connectivity index (χ1) is 8.69. The summed E-state index contributed by atoms with van der Waals surface area (Å²) in [6.45, 7) is 0.213. The van der Waals surface area contributed by atoms with Crippen molar-refractivity contribution in [3.8, 4) is 11.5 Å². The predicted molar refractivity (Wildman–Crippen MR) is 65.8 cm³/mol. The molecule has 3 rings (SSSR count). The van der Waals surface area contributed by atoms with Crippen LogP contribution in [-0.4, -0.2) is 19.9 Å². The molecule has 0 aliphatic carbocycles. The Morgan fingerprint density at radius 2 is 1.78 bits per heavy atom. The average molecular weight is 245 g/mol. The Morgan fingerprint density at radius 1 is 1.17 bits per heavy atom. The normalized spacial score (nSPS) is 12.7. The van der Waals surface area contributed by atoms with E-state index in [1.54, 1.807) is 12.1 Å². The van der Waals surface area contributed by atoms with Gasteiger partial charge in [-0.3, -0.25) is 0 Å². The Kier molecular flexibility index (Phi) is 2.26. The summed E-state index contributed by atoms with van der Waals surface area (Å²) in [7, 11) is 1.33. The highest BCUT2D eigenvalue weighted by atomic mass is 16.7. The number of hydrogen-bond acceptors (Lipinski definition) is 5. The van der Waals surface area contributed by atoms with E-state index in [-0.39, 0.29) is 6.79 Å². The number of ether oxygens (including phenoxy) is 3. The molecule has 0 atom stereocenters. The Balaban J connectivity index is 2.22. The van der Waals surface area contributed by atoms with Gasteiger partial charge in [-0.15, -0.1) is 0 Å². The maximum atomic E-state index is 11.6. The summed E-state index contributed by atoms with van der Waals surface area (Å²) in [6.07, 6.45) is 0. The average Bonchev–Trinajstić information content (AvgIpc) is 2.81. The molecule has 0 radical (unpaired) electrons. The highest BCUT2D eigenvalue weighted by Gasteiger charge is 2.17. The monoisotopic (exact) mass is 245 g/mol. The molecule has 18 heavy (non-hydrogen) atoms. The van der Waals surface area contributed by atoms with Crippen LogP contribution in [0.25, 0.3) is 10.8 Å². The number of fused-ring (bicyclic) bond motifs is 2. The number of esters is 1. The molecule has 92 valence electrons. The van der Waals surface area contributed by atoms with Gasteiger partial charge < -0.3 is 19.9 Å². The second-order valence-corrected chi connectivity index (χ2v) is 3.98. The van der Waals surface area contributed by atoms with E-state index in [9.17, 15) is 4.79 Å². The summed E-state index contributed by atoms with van der Waals surface area (Å²) >= 11 is 0. The van der Waals surface area contributed by atoms with Crippen LogP contribution < -0.4 is 15.2 Å². The van der Waals surface area contributed by atoms with Crippen molar-refractivity contribution in [1.29, 1.82) is 0 Å². The van der Waals surface area contributed by atoms with Gasteiger partial charge >= 0.3 is 5.97 Å². The number of benzene rings is 2. The zero-order valence-electron chi connectivity index (χ0n) is 9.73. The van der Waals surface area contributed by atoms with Crippen LogP contribution in [0.5, 0.6) is 11.5 Å². The Morgan fingerprint density at radius 3 is 2.39 bits per heavy atom. The van der Waals surface area contributed by atoms with E-state index in [0.717, 1.165) is 10.8 Å². The van der Waals surface area contributed by atoms with E-state index in [1.807, 2.05) is 12.1 Å². The topological polar surface area (TPSA) is 70.8 Å². The lowest BCUT2D eigenvalue weighted by Crippen LogP contribution is -2.05. The van der Waals surface area contributed by atoms with Gasteiger partial charge in [0, 0.05) is 5.69 Å². The van der Waals surface area contributed by atoms with Gasteiger partial charge in [0.1, 0.15) is 0 Å². The number of carbonyl (C=O) groups is 1. The summed E-state index contributed by atoms with van der Waals surface area (Å²) in [5.41, 5.74) is 6.57. The number of carbonyl (C=O) groups excluding carboxylic acids is 1. The van der Waals surface area contributed by atoms with Crippen molar-refractivity contribution in [2.24, 2.45) is 0 Å². The first-order valence-electron chi connectivity index (χ1n) is 5.40. The van der Waals surface area contributed by atoms with Crippen molar-refractivity contribution < 1.29 is 19.0 Å². The SMILES string of the molecule is COC(=O)c1cc2cc3c(cc2cc1N)OCO3. The van der Waals surface area contributed by atoms with Gasteiger partial charge in [0.15, 0.2) is 11.5 Å². The van der Waals surface area contributed by atoms with Crippen LogP contribution in [0.3, 0.4) is 0 Å². The molecule has 5 nitrogen and oxygen atoms in total. The molecule has 0 bridgehead atoms. The van der Waals surface area contributed by atoms with Crippen LogP contribution >= 0.6 is 0 Å². The fraction of sp³-hybridized carbons (Fsp3) is 0.154. The fourth-order valence-corrected chi connectivity index (χ4v) is 1.99. The molecule has 0 saturated heterocycles. The summed E-state index contributed by atoms with van der Waals surface area (Å²) in [4.78, 5) is 11.6. The van der Waals surface area contributed by atoms with Crippen LogP contribution in [0.1, 0.15) is 10.4 Å². The molecule has 0 unspecified atom stereocenters. The molecule has 2 aromatic carbocycles. The molecule has 1 aliphatic heterocycles. The van der Waals surface area contributed by atoms with Gasteiger partial charge in [0.05, 0.1) is 12.7 Å². The zero-order chi connectivity index (χ0) is 12.7. The molecule has 2 N–H and O–H groups in total. The molecule has 0 fully saturated rings. The number of methoxy groups -OCH3 is 1. The van der Waals surface area contributed by atoms with E-state index in [2.05, 4.69) is 4.74 Å². The Bertz CT molecular complexity index is 651. The van der Waals surface area contributed by atoms with Crippen molar-refractivity contribution in [2.75, 3.05) is 19.6 Å². The van der Waals surface area contributed by atoms with Gasteiger partial charge in [-0.25, -0.2) is 4.79 Å². The van der Waals surface area contributed by atoms with Crippen LogP contribution in [-0.2, 0) is 4.74 Å². The van der Waals surface area contributed by atoms with Crippen LogP contribution in [0.4, 0.5) is 5.69 Å². The van der Waals surface area contributed by atoms with Crippen LogP contribution in [0.2, 0.25) is 0 Å². The number of rotatable bonds is 1. The third-order valence-corrected chi connectivity index (χ3v) is 2.91. The molecule has 0 amide bonds. The van der Waals surface area contributed by atoms with Crippen molar-refractivity contribution in [2.45, 2.75) is 0 Å². The minimum Gasteiger partial charge on any atom is -0.465 e. The highest BCUT2D eigenvalue weighted by Crippen LogP contribution is 2.37.